The van der Waals surface area contributed by atoms with Gasteiger partial charge in [-0.1, -0.05) is 26.0 Å². The maximum Gasteiger partial charge on any atom is 0.415 e. The minimum atomic E-state index is -0.840. The van der Waals surface area contributed by atoms with E-state index in [0.717, 1.165) is 62.9 Å². The van der Waals surface area contributed by atoms with Crippen molar-refractivity contribution in [1.29, 1.82) is 0 Å². The van der Waals surface area contributed by atoms with Crippen LogP contribution < -0.4 is 41.8 Å². The van der Waals surface area contributed by atoms with Gasteiger partial charge in [-0.3, -0.25) is 19.3 Å². The SMILES string of the molecule is Cc1csc2c(OC(=O)N(C)CC(C)(C)CN(C)C(=O)OCc3ccc(NC(=O)[C@H](CCCN)NC(N)=O)cc3)cc3c(c12)[C@H](CCl)CN3C(=O)c1cc2cc(NC(=O)c3cc4cc(OCCN5CCCC5)ccc4[nH]3)ccc2[nH]1. The fourth-order valence-electron chi connectivity index (χ4n) is 10.7. The normalized spacial score (nSPS) is 14.7. The molecule has 9 rings (SSSR count). The maximum atomic E-state index is 14.6. The van der Waals surface area contributed by atoms with Gasteiger partial charge < -0.3 is 66.3 Å². The molecule has 7 aromatic rings. The van der Waals surface area contributed by atoms with E-state index in [1.165, 1.54) is 34.0 Å². The molecule has 0 bridgehead atoms. The third-order valence-corrected chi connectivity index (χ3v) is 15.9. The molecule has 0 unspecified atom stereocenters. The number of alkyl halides is 1. The number of primary amides is 1. The van der Waals surface area contributed by atoms with Gasteiger partial charge in [-0.05, 0) is 135 Å². The third kappa shape index (κ3) is 13.2. The summed E-state index contributed by atoms with van der Waals surface area (Å²) < 4.78 is 18.6. The lowest BCUT2D eigenvalue weighted by Crippen LogP contribution is -2.46. The summed E-state index contributed by atoms with van der Waals surface area (Å²) >= 11 is 8.09. The molecule has 0 spiro atoms. The summed E-state index contributed by atoms with van der Waals surface area (Å²) in [5.41, 5.74) is 16.6. The zero-order valence-electron chi connectivity index (χ0n) is 45.5. The molecule has 2 aliphatic rings. The number of nitrogens with one attached hydrogen (secondary N) is 5. The lowest BCUT2D eigenvalue weighted by molar-refractivity contribution is -0.118. The standard InChI is InChI=1S/C58H68ClN11O9S/c1-34-31-80-51-48(79-57(76)68(5)33-58(2,3)32-67(4)56(75)78-30-35-10-12-39(13-11-35)62-52(71)44(9-8-18-60)66-55(61)74)27-47-50(49(34)51)38(28-59)29-70(47)54(73)46-26-36-23-40(14-16-42(36)65-46)63-53(72)45-25-37-24-41(15-17-43(37)64-45)77-22-21-69-19-6-7-20-69/h10-17,23-27,31,38,44,64-65H,6-9,18-22,28-30,32-33,60H2,1-5H3,(H,62,71)(H,63,72)(H3,61,66,74)/t38-,44+/m1/s1. The van der Waals surface area contributed by atoms with Gasteiger partial charge in [0.15, 0.2) is 5.75 Å². The van der Waals surface area contributed by atoms with Crippen molar-refractivity contribution in [2.24, 2.45) is 16.9 Å². The number of aromatic amines is 2. The van der Waals surface area contributed by atoms with Crippen LogP contribution in [0.5, 0.6) is 11.5 Å². The van der Waals surface area contributed by atoms with Crippen molar-refractivity contribution in [1.82, 2.24) is 30.0 Å². The topological polar surface area (TPSA) is 263 Å². The molecule has 7 amide bonds. The van der Waals surface area contributed by atoms with Crippen LogP contribution in [0.3, 0.4) is 0 Å². The number of rotatable bonds is 21. The number of hydrogen-bond donors (Lipinski definition) is 7. The number of halogens is 1. The number of benzene rings is 4. The minimum absolute atomic E-state index is 0.0347. The Balaban J connectivity index is 0.814. The predicted octanol–water partition coefficient (Wildman–Crippen LogP) is 9.32. The van der Waals surface area contributed by atoms with E-state index in [9.17, 15) is 28.8 Å². The second-order valence-corrected chi connectivity index (χ2v) is 22.6. The highest BCUT2D eigenvalue weighted by molar-refractivity contribution is 7.17. The van der Waals surface area contributed by atoms with Crippen LogP contribution >= 0.6 is 22.9 Å². The molecule has 2 atom stereocenters. The molecule has 9 N–H and O–H groups in total. The van der Waals surface area contributed by atoms with Crippen LogP contribution in [0.2, 0.25) is 0 Å². The average Bonchev–Trinajstić information content (AvgIpc) is 4.35. The van der Waals surface area contributed by atoms with Gasteiger partial charge >= 0.3 is 18.2 Å². The number of thiophene rings is 1. The Hall–Kier alpha value is -7.85. The molecule has 5 heterocycles. The molecule has 1 saturated heterocycles. The molecule has 0 saturated carbocycles. The smallest absolute Gasteiger partial charge is 0.415 e. The second-order valence-electron chi connectivity index (χ2n) is 21.4. The highest BCUT2D eigenvalue weighted by Crippen LogP contribution is 2.49. The fraction of sp³-hybridized carbons (Fsp3) is 0.379. The Morgan fingerprint density at radius 3 is 2.25 bits per heavy atom. The zero-order chi connectivity index (χ0) is 56.8. The third-order valence-electron chi connectivity index (χ3n) is 14.4. The largest absolute Gasteiger partial charge is 0.492 e. The molecule has 2 aliphatic heterocycles. The Labute approximate surface area is 472 Å². The highest BCUT2D eigenvalue weighted by Gasteiger charge is 2.37. The molecule has 422 valence electrons. The number of carbonyl (C=O) groups excluding carboxylic acids is 6. The van der Waals surface area contributed by atoms with Crippen LogP contribution in [-0.2, 0) is 16.1 Å². The van der Waals surface area contributed by atoms with Crippen LogP contribution in [0.15, 0.2) is 84.2 Å². The molecule has 22 heteroatoms. The Morgan fingerprint density at radius 1 is 0.863 bits per heavy atom. The number of hydrogen-bond acceptors (Lipinski definition) is 12. The van der Waals surface area contributed by atoms with Crippen molar-refractivity contribution < 1.29 is 43.0 Å². The van der Waals surface area contributed by atoms with Crippen LogP contribution in [0.25, 0.3) is 31.9 Å². The van der Waals surface area contributed by atoms with Gasteiger partial charge in [0.1, 0.15) is 36.4 Å². The minimum Gasteiger partial charge on any atom is -0.492 e. The molecule has 20 nitrogen and oxygen atoms in total. The van der Waals surface area contributed by atoms with Crippen LogP contribution in [0, 0.1) is 12.3 Å². The van der Waals surface area contributed by atoms with Gasteiger partial charge in [0.05, 0.1) is 10.4 Å². The molecule has 0 aliphatic carbocycles. The molecular formula is C58H68ClN11O9S. The zero-order valence-corrected chi connectivity index (χ0v) is 47.1. The summed E-state index contributed by atoms with van der Waals surface area (Å²) in [7, 11) is 3.25. The van der Waals surface area contributed by atoms with Gasteiger partial charge in [0.2, 0.25) is 5.91 Å². The monoisotopic (exact) mass is 1130 g/mol. The van der Waals surface area contributed by atoms with Gasteiger partial charge in [0.25, 0.3) is 11.8 Å². The van der Waals surface area contributed by atoms with E-state index in [1.54, 1.807) is 61.5 Å². The van der Waals surface area contributed by atoms with Crippen molar-refractivity contribution >= 4 is 108 Å². The first kappa shape index (κ1) is 56.9. The molecule has 3 aromatic heterocycles. The van der Waals surface area contributed by atoms with Gasteiger partial charge in [-0.25, -0.2) is 14.4 Å². The summed E-state index contributed by atoms with van der Waals surface area (Å²) in [6.07, 6.45) is 2.11. The van der Waals surface area contributed by atoms with E-state index in [2.05, 4.69) is 30.8 Å². The first-order valence-corrected chi connectivity index (χ1v) is 28.1. The number of ether oxygens (including phenoxy) is 3. The number of likely N-dealkylation sites (tertiary alicyclic amines) is 1. The van der Waals surface area contributed by atoms with E-state index in [4.69, 9.17) is 37.3 Å². The van der Waals surface area contributed by atoms with E-state index in [1.807, 2.05) is 62.5 Å². The van der Waals surface area contributed by atoms with E-state index < -0.39 is 35.6 Å². The summed E-state index contributed by atoms with van der Waals surface area (Å²) in [6, 6.07) is 21.6. The van der Waals surface area contributed by atoms with Crippen LogP contribution in [0.1, 0.15) is 83.1 Å². The quantitative estimate of drug-likeness (QED) is 0.0333. The number of fused-ring (bicyclic) bond motifs is 5. The molecule has 0 radical (unpaired) electrons. The number of nitrogens with two attached hydrogens (primary N) is 2. The number of aryl methyl sites for hydroxylation is 1. The van der Waals surface area contributed by atoms with E-state index >= 15 is 0 Å². The molecular weight excluding hydrogens is 1060 g/mol. The number of anilines is 3. The van der Waals surface area contributed by atoms with Crippen LogP contribution in [-0.4, -0.2) is 139 Å². The number of amides is 7. The maximum absolute atomic E-state index is 14.6. The summed E-state index contributed by atoms with van der Waals surface area (Å²) in [5, 5.41) is 12.6. The van der Waals surface area contributed by atoms with E-state index in [-0.39, 0.29) is 43.3 Å². The Kier molecular flexibility index (Phi) is 17.5. The lowest BCUT2D eigenvalue weighted by Gasteiger charge is -2.33. The first-order chi connectivity index (χ1) is 38.4. The van der Waals surface area contributed by atoms with Crippen molar-refractivity contribution in [2.75, 3.05) is 87.9 Å². The van der Waals surface area contributed by atoms with E-state index in [0.29, 0.717) is 77.8 Å². The molecule has 80 heavy (non-hydrogen) atoms. The van der Waals surface area contributed by atoms with Crippen molar-refractivity contribution in [2.45, 2.75) is 65.0 Å². The van der Waals surface area contributed by atoms with Gasteiger partial charge in [0, 0.05) is 102 Å². The number of aromatic nitrogens is 2. The highest BCUT2D eigenvalue weighted by atomic mass is 35.5. The summed E-state index contributed by atoms with van der Waals surface area (Å²) in [6.45, 7) is 10.6. The van der Waals surface area contributed by atoms with Crippen LogP contribution in [0.4, 0.5) is 31.4 Å². The average molecular weight is 1130 g/mol. The van der Waals surface area contributed by atoms with Crippen molar-refractivity contribution in [3.05, 3.63) is 112 Å². The second kappa shape index (κ2) is 24.7. The Morgan fingerprint density at radius 2 is 1.54 bits per heavy atom. The lowest BCUT2D eigenvalue weighted by atomic mass is 9.92. The first-order valence-electron chi connectivity index (χ1n) is 26.7. The Bertz CT molecular complexity index is 3440. The number of nitrogens with zero attached hydrogens (tertiary/aromatic N) is 4. The fourth-order valence-corrected chi connectivity index (χ4v) is 11.9. The number of urea groups is 1. The predicted molar refractivity (Wildman–Crippen MR) is 313 cm³/mol. The summed E-state index contributed by atoms with van der Waals surface area (Å²) in [5.74, 6) is 0.0663. The van der Waals surface area contributed by atoms with Crippen molar-refractivity contribution in [3.63, 3.8) is 0 Å². The van der Waals surface area contributed by atoms with Crippen molar-refractivity contribution in [3.8, 4) is 11.5 Å². The number of carbonyl (C=O) groups is 6. The molecule has 1 fully saturated rings. The number of H-pyrrole nitrogens is 2. The van der Waals surface area contributed by atoms with Gasteiger partial charge in [-0.15, -0.1) is 22.9 Å². The van der Waals surface area contributed by atoms with Gasteiger partial charge in [-0.2, -0.15) is 0 Å². The summed E-state index contributed by atoms with van der Waals surface area (Å²) in [4.78, 5) is 93.0. The molecule has 4 aromatic carbocycles.